The lowest BCUT2D eigenvalue weighted by Gasteiger charge is -2.26. The number of nitrogens with zero attached hydrogens (tertiary/aromatic N) is 2. The second-order valence-electron chi connectivity index (χ2n) is 8.33. The summed E-state index contributed by atoms with van der Waals surface area (Å²) in [5.41, 5.74) is 2.55. The first-order valence-electron chi connectivity index (χ1n) is 11.1. The molecule has 0 spiro atoms. The molecule has 2 unspecified atom stereocenters. The topological polar surface area (TPSA) is 91.7 Å². The van der Waals surface area contributed by atoms with Gasteiger partial charge in [-0.3, -0.25) is 4.79 Å². The standard InChI is InChI=1S/C24H27N3O4S2/c1-30-14-18-3-2-9-27(18)24(29)31-13-17-4-6-19-20(12-25)23(33-21(19)11-17)26-22(28)7-5-16-8-10-32-15-16/h5,7-8,10,15,17-18H,2-4,6,9,11,13-14H2,1H3,(H,26,28)/b7-5+. The van der Waals surface area contributed by atoms with E-state index in [1.165, 1.54) is 17.4 Å². The van der Waals surface area contributed by atoms with E-state index in [1.807, 2.05) is 16.8 Å². The quantitative estimate of drug-likeness (QED) is 0.575. The molecule has 33 heavy (non-hydrogen) atoms. The van der Waals surface area contributed by atoms with Crippen molar-refractivity contribution in [1.82, 2.24) is 4.90 Å². The fraction of sp³-hybridized carbons (Fsp3) is 0.458. The van der Waals surface area contributed by atoms with Crippen molar-refractivity contribution in [1.29, 1.82) is 5.26 Å². The third kappa shape index (κ3) is 5.64. The number of ether oxygens (including phenoxy) is 2. The van der Waals surface area contributed by atoms with Crippen molar-refractivity contribution in [3.05, 3.63) is 44.5 Å². The number of anilines is 1. The Labute approximate surface area is 201 Å². The lowest BCUT2D eigenvalue weighted by atomic mass is 9.88. The maximum atomic E-state index is 12.5. The minimum Gasteiger partial charge on any atom is -0.449 e. The summed E-state index contributed by atoms with van der Waals surface area (Å²) in [6.07, 6.45) is 7.22. The number of amides is 2. The van der Waals surface area contributed by atoms with Crippen molar-refractivity contribution in [3.8, 4) is 6.07 Å². The Balaban J connectivity index is 1.35. The predicted molar refractivity (Wildman–Crippen MR) is 129 cm³/mol. The second kappa shape index (κ2) is 11.0. The fourth-order valence-corrected chi connectivity index (χ4v) is 6.36. The number of likely N-dealkylation sites (tertiary alicyclic amines) is 1. The highest BCUT2D eigenvalue weighted by Crippen LogP contribution is 2.39. The number of thiophene rings is 2. The molecule has 2 aliphatic rings. The summed E-state index contributed by atoms with van der Waals surface area (Å²) in [6.45, 7) is 1.60. The third-order valence-corrected chi connectivity index (χ3v) is 7.97. The van der Waals surface area contributed by atoms with Crippen LogP contribution in [-0.2, 0) is 27.1 Å². The molecule has 1 aliphatic heterocycles. The van der Waals surface area contributed by atoms with E-state index in [0.717, 1.165) is 48.1 Å². The van der Waals surface area contributed by atoms with E-state index in [4.69, 9.17) is 9.47 Å². The monoisotopic (exact) mass is 485 g/mol. The van der Waals surface area contributed by atoms with Gasteiger partial charge < -0.3 is 19.7 Å². The van der Waals surface area contributed by atoms with Crippen molar-refractivity contribution in [2.75, 3.05) is 32.2 Å². The first-order chi connectivity index (χ1) is 16.1. The number of nitrogens with one attached hydrogen (secondary N) is 1. The Morgan fingerprint density at radius 2 is 2.24 bits per heavy atom. The van der Waals surface area contributed by atoms with Crippen molar-refractivity contribution < 1.29 is 19.1 Å². The molecule has 7 nitrogen and oxygen atoms in total. The van der Waals surface area contributed by atoms with Gasteiger partial charge in [0.15, 0.2) is 0 Å². The van der Waals surface area contributed by atoms with Crippen molar-refractivity contribution in [2.24, 2.45) is 5.92 Å². The van der Waals surface area contributed by atoms with Gasteiger partial charge in [0.1, 0.15) is 11.1 Å². The van der Waals surface area contributed by atoms with Crippen molar-refractivity contribution in [3.63, 3.8) is 0 Å². The van der Waals surface area contributed by atoms with E-state index in [9.17, 15) is 14.9 Å². The van der Waals surface area contributed by atoms with E-state index in [2.05, 4.69) is 11.4 Å². The van der Waals surface area contributed by atoms with E-state index >= 15 is 0 Å². The summed E-state index contributed by atoms with van der Waals surface area (Å²) in [5.74, 6) is -0.0461. The van der Waals surface area contributed by atoms with Crippen LogP contribution >= 0.6 is 22.7 Å². The van der Waals surface area contributed by atoms with Gasteiger partial charge in [0.05, 0.1) is 24.8 Å². The number of hydrogen-bond acceptors (Lipinski definition) is 7. The summed E-state index contributed by atoms with van der Waals surface area (Å²) >= 11 is 3.03. The maximum Gasteiger partial charge on any atom is 0.410 e. The fourth-order valence-electron chi connectivity index (χ4n) is 4.41. The van der Waals surface area contributed by atoms with Crippen molar-refractivity contribution >= 4 is 45.8 Å². The van der Waals surface area contributed by atoms with Crippen LogP contribution in [0.5, 0.6) is 0 Å². The maximum absolute atomic E-state index is 12.5. The Morgan fingerprint density at radius 3 is 3.00 bits per heavy atom. The van der Waals surface area contributed by atoms with Crippen LogP contribution in [0.25, 0.3) is 6.08 Å². The number of methoxy groups -OCH3 is 1. The molecular formula is C24H27N3O4S2. The van der Waals surface area contributed by atoms with Crippen LogP contribution in [0.2, 0.25) is 0 Å². The molecule has 1 aliphatic carbocycles. The van der Waals surface area contributed by atoms with Gasteiger partial charge in [-0.05, 0) is 72.1 Å². The summed E-state index contributed by atoms with van der Waals surface area (Å²) in [4.78, 5) is 27.8. The minimum absolute atomic E-state index is 0.0934. The molecule has 3 heterocycles. The normalized spacial score (nSPS) is 19.9. The van der Waals surface area contributed by atoms with Crippen LogP contribution in [0, 0.1) is 17.2 Å². The molecular weight excluding hydrogens is 458 g/mol. The highest BCUT2D eigenvalue weighted by Gasteiger charge is 2.31. The van der Waals surface area contributed by atoms with Gasteiger partial charge in [-0.15, -0.1) is 11.3 Å². The number of carbonyl (C=O) groups excluding carboxylic acids is 2. The number of nitriles is 1. The van der Waals surface area contributed by atoms with E-state index in [-0.39, 0.29) is 24.0 Å². The average Bonchev–Trinajstić information content (AvgIpc) is 3.56. The molecule has 1 N–H and O–H groups in total. The smallest absolute Gasteiger partial charge is 0.410 e. The molecule has 2 amide bonds. The van der Waals surface area contributed by atoms with Crippen LogP contribution in [0.1, 0.15) is 40.8 Å². The lowest BCUT2D eigenvalue weighted by Crippen LogP contribution is -2.39. The number of rotatable bonds is 7. The third-order valence-electron chi connectivity index (χ3n) is 6.10. The molecule has 0 aromatic carbocycles. The summed E-state index contributed by atoms with van der Waals surface area (Å²) < 4.78 is 10.9. The second-order valence-corrected chi connectivity index (χ2v) is 10.2. The zero-order valence-electron chi connectivity index (χ0n) is 18.5. The first kappa shape index (κ1) is 23.5. The van der Waals surface area contributed by atoms with E-state index in [0.29, 0.717) is 30.3 Å². The molecule has 174 valence electrons. The highest BCUT2D eigenvalue weighted by molar-refractivity contribution is 7.16. The number of hydrogen-bond donors (Lipinski definition) is 1. The van der Waals surface area contributed by atoms with Gasteiger partial charge >= 0.3 is 6.09 Å². The average molecular weight is 486 g/mol. The first-order valence-corrected chi connectivity index (χ1v) is 12.8. The lowest BCUT2D eigenvalue weighted by molar-refractivity contribution is -0.111. The van der Waals surface area contributed by atoms with Crippen LogP contribution < -0.4 is 5.32 Å². The summed E-state index contributed by atoms with van der Waals surface area (Å²) in [7, 11) is 1.65. The molecule has 4 rings (SSSR count). The molecule has 9 heteroatoms. The van der Waals surface area contributed by atoms with E-state index < -0.39 is 0 Å². The Hall–Kier alpha value is -2.67. The molecule has 1 fully saturated rings. The summed E-state index contributed by atoms with van der Waals surface area (Å²) in [6, 6.07) is 4.30. The molecule has 2 aromatic heterocycles. The van der Waals surface area contributed by atoms with Gasteiger partial charge in [0.2, 0.25) is 5.91 Å². The predicted octanol–water partition coefficient (Wildman–Crippen LogP) is 4.69. The van der Waals surface area contributed by atoms with Gasteiger partial charge in [-0.1, -0.05) is 0 Å². The van der Waals surface area contributed by atoms with Crippen LogP contribution in [0.3, 0.4) is 0 Å². The van der Waals surface area contributed by atoms with E-state index in [1.54, 1.807) is 29.4 Å². The SMILES string of the molecule is COCC1CCCN1C(=O)OCC1CCc2c(sc(NC(=O)/C=C/c3ccsc3)c2C#N)C1. The molecule has 2 atom stereocenters. The molecule has 1 saturated heterocycles. The van der Waals surface area contributed by atoms with Crippen LogP contribution in [0.15, 0.2) is 22.9 Å². The molecule has 2 aromatic rings. The van der Waals surface area contributed by atoms with Crippen LogP contribution in [0.4, 0.5) is 9.80 Å². The molecule has 0 saturated carbocycles. The van der Waals surface area contributed by atoms with Gasteiger partial charge in [-0.25, -0.2) is 4.79 Å². The number of carbonyl (C=O) groups is 2. The van der Waals surface area contributed by atoms with Gasteiger partial charge in [0, 0.05) is 24.6 Å². The largest absolute Gasteiger partial charge is 0.449 e. The zero-order chi connectivity index (χ0) is 23.2. The molecule has 0 radical (unpaired) electrons. The number of fused-ring (bicyclic) bond motifs is 1. The highest BCUT2D eigenvalue weighted by atomic mass is 32.1. The Kier molecular flexibility index (Phi) is 7.81. The van der Waals surface area contributed by atoms with Gasteiger partial charge in [0.25, 0.3) is 0 Å². The zero-order valence-corrected chi connectivity index (χ0v) is 20.2. The van der Waals surface area contributed by atoms with Gasteiger partial charge in [-0.2, -0.15) is 16.6 Å². The Bertz CT molecular complexity index is 1050. The molecule has 0 bridgehead atoms. The Morgan fingerprint density at radius 1 is 1.36 bits per heavy atom. The minimum atomic E-state index is -0.269. The summed E-state index contributed by atoms with van der Waals surface area (Å²) in [5, 5.41) is 17.1. The van der Waals surface area contributed by atoms with Crippen LogP contribution in [-0.4, -0.2) is 49.8 Å². The van der Waals surface area contributed by atoms with Crippen molar-refractivity contribution in [2.45, 2.75) is 38.1 Å².